The molecule has 0 fully saturated rings. The Balaban J connectivity index is 2.46. The van der Waals surface area contributed by atoms with Gasteiger partial charge in [0.25, 0.3) is 0 Å². The number of methoxy groups -OCH3 is 1. The van der Waals surface area contributed by atoms with Crippen LogP contribution in [0.4, 0.5) is 0 Å². The number of aryl methyl sites for hydroxylation is 1. The molecule has 1 aliphatic carbocycles. The molecule has 1 aromatic carbocycles. The molecule has 1 atom stereocenters. The largest absolute Gasteiger partial charge is 0.497 e. The number of benzene rings is 1. The highest BCUT2D eigenvalue weighted by atomic mass is 32.2. The summed E-state index contributed by atoms with van der Waals surface area (Å²) in [5.74, 6) is 0.706. The van der Waals surface area contributed by atoms with Gasteiger partial charge in [-0.25, -0.2) is 13.1 Å². The topological polar surface area (TPSA) is 55.4 Å². The summed E-state index contributed by atoms with van der Waals surface area (Å²) < 4.78 is 31.1. The molecule has 0 saturated carbocycles. The zero-order valence-electron chi connectivity index (χ0n) is 9.36. The standard InChI is InChI=1S/C11H15NO3S/c1-12-16(13,14)11-6-4-8-3-5-9(15-2)7-10(8)11/h3,5,7,11-12H,4,6H2,1-2H3. The lowest BCUT2D eigenvalue weighted by molar-refractivity contribution is 0.414. The number of hydrogen-bond donors (Lipinski definition) is 1. The van der Waals surface area contributed by atoms with Crippen molar-refractivity contribution in [3.8, 4) is 5.75 Å². The van der Waals surface area contributed by atoms with Gasteiger partial charge < -0.3 is 4.74 Å². The smallest absolute Gasteiger partial charge is 0.218 e. The molecule has 2 rings (SSSR count). The van der Waals surface area contributed by atoms with Gasteiger partial charge >= 0.3 is 0 Å². The molecular weight excluding hydrogens is 226 g/mol. The molecule has 0 saturated heterocycles. The second-order valence-corrected chi connectivity index (χ2v) is 5.91. The Morgan fingerprint density at radius 2 is 2.19 bits per heavy atom. The lowest BCUT2D eigenvalue weighted by Gasteiger charge is -2.12. The Hall–Kier alpha value is -1.07. The van der Waals surface area contributed by atoms with Crippen molar-refractivity contribution >= 4 is 10.0 Å². The van der Waals surface area contributed by atoms with Crippen LogP contribution in [0, 0.1) is 0 Å². The van der Waals surface area contributed by atoms with Gasteiger partial charge in [-0.05, 0) is 43.1 Å². The van der Waals surface area contributed by atoms with Crippen LogP contribution in [0.1, 0.15) is 22.8 Å². The molecule has 1 N–H and O–H groups in total. The minimum Gasteiger partial charge on any atom is -0.497 e. The summed E-state index contributed by atoms with van der Waals surface area (Å²) in [4.78, 5) is 0. The second kappa shape index (κ2) is 4.07. The zero-order valence-corrected chi connectivity index (χ0v) is 10.2. The molecule has 1 unspecified atom stereocenters. The Kier molecular flexibility index (Phi) is 2.90. The normalized spacial score (nSPS) is 19.5. The summed E-state index contributed by atoms with van der Waals surface area (Å²) in [6.07, 6.45) is 1.45. The number of fused-ring (bicyclic) bond motifs is 1. The first-order valence-corrected chi connectivity index (χ1v) is 6.72. The summed E-state index contributed by atoms with van der Waals surface area (Å²) in [5.41, 5.74) is 1.97. The Morgan fingerprint density at radius 3 is 2.81 bits per heavy atom. The van der Waals surface area contributed by atoms with Gasteiger partial charge in [0.15, 0.2) is 0 Å². The highest BCUT2D eigenvalue weighted by molar-refractivity contribution is 7.89. The van der Waals surface area contributed by atoms with Crippen LogP contribution in [0.15, 0.2) is 18.2 Å². The van der Waals surface area contributed by atoms with Crippen LogP contribution in [0.3, 0.4) is 0 Å². The van der Waals surface area contributed by atoms with Crippen LogP contribution in [-0.4, -0.2) is 22.6 Å². The Bertz CT molecular complexity index is 496. The van der Waals surface area contributed by atoms with Gasteiger partial charge in [0.2, 0.25) is 10.0 Å². The molecule has 1 aromatic rings. The van der Waals surface area contributed by atoms with Crippen molar-refractivity contribution in [3.05, 3.63) is 29.3 Å². The summed E-state index contributed by atoms with van der Waals surface area (Å²) >= 11 is 0. The molecule has 4 nitrogen and oxygen atoms in total. The average Bonchev–Trinajstić information content (AvgIpc) is 2.72. The van der Waals surface area contributed by atoms with Crippen molar-refractivity contribution in [2.75, 3.05) is 14.2 Å². The average molecular weight is 241 g/mol. The molecule has 0 radical (unpaired) electrons. The fraction of sp³-hybridized carbons (Fsp3) is 0.455. The van der Waals surface area contributed by atoms with E-state index in [1.807, 2.05) is 18.2 Å². The molecule has 0 aromatic heterocycles. The van der Waals surface area contributed by atoms with Crippen molar-refractivity contribution < 1.29 is 13.2 Å². The van der Waals surface area contributed by atoms with Crippen LogP contribution in [0.2, 0.25) is 0 Å². The quantitative estimate of drug-likeness (QED) is 0.866. The van der Waals surface area contributed by atoms with Gasteiger partial charge in [-0.2, -0.15) is 0 Å². The fourth-order valence-corrected chi connectivity index (χ4v) is 3.40. The first-order chi connectivity index (χ1) is 7.58. The first-order valence-electron chi connectivity index (χ1n) is 5.17. The monoisotopic (exact) mass is 241 g/mol. The third kappa shape index (κ3) is 1.81. The molecule has 0 amide bonds. The molecule has 0 bridgehead atoms. The van der Waals surface area contributed by atoms with E-state index in [1.165, 1.54) is 7.05 Å². The lowest BCUT2D eigenvalue weighted by atomic mass is 10.1. The molecule has 5 heteroatoms. The number of sulfonamides is 1. The van der Waals surface area contributed by atoms with Gasteiger partial charge in [-0.15, -0.1) is 0 Å². The van der Waals surface area contributed by atoms with E-state index in [2.05, 4.69) is 4.72 Å². The van der Waals surface area contributed by atoms with E-state index in [1.54, 1.807) is 7.11 Å². The van der Waals surface area contributed by atoms with Gasteiger partial charge in [0.1, 0.15) is 11.0 Å². The van der Waals surface area contributed by atoms with Crippen LogP contribution < -0.4 is 9.46 Å². The van der Waals surface area contributed by atoms with E-state index in [0.717, 1.165) is 17.5 Å². The zero-order chi connectivity index (χ0) is 11.8. The lowest BCUT2D eigenvalue weighted by Crippen LogP contribution is -2.24. The van der Waals surface area contributed by atoms with Crippen molar-refractivity contribution in [2.24, 2.45) is 0 Å². The van der Waals surface area contributed by atoms with E-state index in [9.17, 15) is 8.42 Å². The van der Waals surface area contributed by atoms with Gasteiger partial charge in [0, 0.05) is 0 Å². The summed E-state index contributed by atoms with van der Waals surface area (Å²) in [7, 11) is -0.208. The number of rotatable bonds is 3. The van der Waals surface area contributed by atoms with E-state index < -0.39 is 15.3 Å². The summed E-state index contributed by atoms with van der Waals surface area (Å²) in [6, 6.07) is 5.63. The maximum atomic E-state index is 11.8. The number of nitrogens with one attached hydrogen (secondary N) is 1. The molecule has 0 heterocycles. The van der Waals surface area contributed by atoms with Crippen molar-refractivity contribution in [3.63, 3.8) is 0 Å². The third-order valence-electron chi connectivity index (χ3n) is 3.03. The van der Waals surface area contributed by atoms with Crippen LogP contribution in [-0.2, 0) is 16.4 Å². The SMILES string of the molecule is CNS(=O)(=O)C1CCc2ccc(OC)cc21. The maximum Gasteiger partial charge on any atom is 0.218 e. The fourth-order valence-electron chi connectivity index (χ4n) is 2.13. The maximum absolute atomic E-state index is 11.8. The number of hydrogen-bond acceptors (Lipinski definition) is 3. The molecule has 16 heavy (non-hydrogen) atoms. The predicted molar refractivity (Wildman–Crippen MR) is 62.0 cm³/mol. The predicted octanol–water partition coefficient (Wildman–Crippen LogP) is 1.23. The first kappa shape index (κ1) is 11.4. The molecular formula is C11H15NO3S. The third-order valence-corrected chi connectivity index (χ3v) is 4.84. The van der Waals surface area contributed by atoms with E-state index in [0.29, 0.717) is 12.2 Å². The molecule has 0 aliphatic heterocycles. The van der Waals surface area contributed by atoms with Crippen molar-refractivity contribution in [1.82, 2.24) is 4.72 Å². The highest BCUT2D eigenvalue weighted by Gasteiger charge is 2.32. The minimum absolute atomic E-state index is 0.442. The number of ether oxygens (including phenoxy) is 1. The van der Waals surface area contributed by atoms with E-state index >= 15 is 0 Å². The van der Waals surface area contributed by atoms with Crippen LogP contribution in [0.5, 0.6) is 5.75 Å². The van der Waals surface area contributed by atoms with E-state index in [4.69, 9.17) is 4.74 Å². The highest BCUT2D eigenvalue weighted by Crippen LogP contribution is 2.38. The molecule has 88 valence electrons. The molecule has 1 aliphatic rings. The van der Waals surface area contributed by atoms with Crippen molar-refractivity contribution in [1.29, 1.82) is 0 Å². The minimum atomic E-state index is -3.24. The van der Waals surface area contributed by atoms with Crippen molar-refractivity contribution in [2.45, 2.75) is 18.1 Å². The van der Waals surface area contributed by atoms with E-state index in [-0.39, 0.29) is 0 Å². The van der Waals surface area contributed by atoms with Crippen LogP contribution in [0.25, 0.3) is 0 Å². The summed E-state index contributed by atoms with van der Waals surface area (Å²) in [6.45, 7) is 0. The van der Waals surface area contributed by atoms with Gasteiger partial charge in [0.05, 0.1) is 7.11 Å². The second-order valence-electron chi connectivity index (χ2n) is 3.84. The summed E-state index contributed by atoms with van der Waals surface area (Å²) in [5, 5.41) is -0.442. The Morgan fingerprint density at radius 1 is 1.44 bits per heavy atom. The molecule has 0 spiro atoms. The van der Waals surface area contributed by atoms with Gasteiger partial charge in [-0.1, -0.05) is 6.07 Å². The Labute approximate surface area is 95.7 Å². The van der Waals surface area contributed by atoms with Gasteiger partial charge in [-0.3, -0.25) is 0 Å². The van der Waals surface area contributed by atoms with Crippen LogP contribution >= 0.6 is 0 Å².